The summed E-state index contributed by atoms with van der Waals surface area (Å²) in [7, 11) is 12.8. The van der Waals surface area contributed by atoms with Gasteiger partial charge in [-0.1, -0.05) is 336 Å². The molecule has 0 fully saturated rings. The van der Waals surface area contributed by atoms with Crippen molar-refractivity contribution in [3.63, 3.8) is 0 Å². The molecule has 0 N–H and O–H groups in total. The summed E-state index contributed by atoms with van der Waals surface area (Å²) in [4.78, 5) is 52.2. The molecule has 26 heteroatoms. The summed E-state index contributed by atoms with van der Waals surface area (Å²) in [5, 5.41) is 4.99. The molecule has 12 aromatic heterocycles. The Labute approximate surface area is 905 Å². The van der Waals surface area contributed by atoms with Crippen LogP contribution in [0.1, 0.15) is 101 Å². The number of benzene rings is 9. The van der Waals surface area contributed by atoms with Crippen molar-refractivity contribution in [2.24, 2.45) is 0 Å². The Bertz CT molecular complexity index is 6950. The van der Waals surface area contributed by atoms with Crippen molar-refractivity contribution in [3.05, 3.63) is 459 Å². The number of para-hydroxylation sites is 4. The Kier molecular flexibility index (Phi) is 43.3. The molecule has 0 spiro atoms. The zero-order valence-corrected chi connectivity index (χ0v) is 88.0. The number of pyridine rings is 10. The van der Waals surface area contributed by atoms with Crippen molar-refractivity contribution in [3.8, 4) is 113 Å². The predicted octanol–water partition coefficient (Wildman–Crippen LogP) is 32.6. The van der Waals surface area contributed by atoms with Crippen LogP contribution in [0.25, 0.3) is 156 Å². The van der Waals surface area contributed by atoms with Gasteiger partial charge in [0, 0.05) is 119 Å². The van der Waals surface area contributed by atoms with Gasteiger partial charge in [-0.3, -0.25) is 49.8 Å². The van der Waals surface area contributed by atoms with Crippen LogP contribution in [0.3, 0.4) is 0 Å². The van der Waals surface area contributed by atoms with E-state index in [0.717, 1.165) is 159 Å². The van der Waals surface area contributed by atoms with E-state index < -0.39 is 23.5 Å². The second-order valence-electron chi connectivity index (χ2n) is 35.7. The zero-order chi connectivity index (χ0) is 103. The fourth-order valence-electron chi connectivity index (χ4n) is 14.7. The predicted molar refractivity (Wildman–Crippen MR) is 561 cm³/mol. The molecule has 12 nitrogen and oxygen atoms in total. The first-order valence-corrected chi connectivity index (χ1v) is 49.3. The normalized spacial score (nSPS) is 10.9. The van der Waals surface area contributed by atoms with Gasteiger partial charge in [-0.05, 0) is 99.2 Å². The molecule has 0 atom stereocenters. The van der Waals surface area contributed by atoms with Crippen LogP contribution >= 0.6 is 30.6 Å². The van der Waals surface area contributed by atoms with Crippen LogP contribution in [0.4, 0.5) is 26.3 Å². The van der Waals surface area contributed by atoms with Gasteiger partial charge in [-0.25, -0.2) is 0 Å². The molecule has 0 radical (unpaired) electrons. The molecular weight excluding hydrogens is 2120 g/mol. The van der Waals surface area contributed by atoms with Gasteiger partial charge in [-0.15, -0.1) is 142 Å². The average Bonchev–Trinajstić information content (AvgIpc) is 1.02. The number of alkyl halides is 6. The van der Waals surface area contributed by atoms with E-state index in [-0.39, 0.29) is 49.2 Å². The first kappa shape index (κ1) is 115. The third kappa shape index (κ3) is 32.5. The number of rotatable bonds is 10. The molecule has 21 rings (SSSR count). The van der Waals surface area contributed by atoms with E-state index in [1.165, 1.54) is 39.2 Å². The van der Waals surface area contributed by atoms with Gasteiger partial charge in [-0.2, -0.15) is 26.3 Å². The van der Waals surface area contributed by atoms with Gasteiger partial charge in [0.2, 0.25) is 0 Å². The molecule has 0 saturated carbocycles. The SMILES string of the molecule is CC(C)(C)c1cc(-c2ccccn2)[c-]c(-c2ccccn2)c1.Cc1ccc(-c2[c-]c(-c3ccc(C(F)(F)F)cn3)cc(C(C)(C)C)c2)nc1.Cc1ccc(-c2[c-]c(-c3ccc(C(F)(F)F)cn3)cc(C(C)(C)C)c2)nc1.[Cl][Ni].[Cl][Ni].[Cl][Ni].[Ni+2].[Ni+2].[c-]1c(-c2ccccn2)cccc1-c1ccccn1.[c-]1c(-c2ccccn2)cccc1-c1ccccn1.c1ccc2c(c1)[n-]c1ccccc12.c1ccc2c(c1)[n-]c1ccccc12. The Morgan fingerprint density at radius 2 is 0.404 bits per heavy atom. The van der Waals surface area contributed by atoms with Gasteiger partial charge >= 0.3 is 120 Å². The zero-order valence-electron chi connectivity index (χ0n) is 80.8. The first-order valence-electron chi connectivity index (χ1n) is 45.2. The van der Waals surface area contributed by atoms with E-state index in [9.17, 15) is 26.3 Å². The van der Waals surface area contributed by atoms with E-state index in [0.29, 0.717) is 22.5 Å². The summed E-state index contributed by atoms with van der Waals surface area (Å²) in [5.41, 5.74) is 24.9. The second kappa shape index (κ2) is 55.0. The number of hydrogen-bond acceptors (Lipinski definition) is 10. The van der Waals surface area contributed by atoms with Crippen LogP contribution in [0, 0.1) is 44.2 Å². The first-order chi connectivity index (χ1) is 69.4. The van der Waals surface area contributed by atoms with Crippen LogP contribution in [0.15, 0.2) is 390 Å². The van der Waals surface area contributed by atoms with Crippen LogP contribution in [0.2, 0.25) is 0 Å². The fourth-order valence-corrected chi connectivity index (χ4v) is 14.7. The van der Waals surface area contributed by atoms with Crippen molar-refractivity contribution in [1.82, 2.24) is 59.8 Å². The molecule has 0 aliphatic rings. The monoisotopic (exact) mass is 2210 g/mol. The third-order valence-electron chi connectivity index (χ3n) is 22.2. The quantitative estimate of drug-likeness (QED) is 0.0726. The van der Waals surface area contributed by atoms with Crippen LogP contribution < -0.4 is 9.97 Å². The molecule has 0 amide bonds. The number of nitrogens with zero attached hydrogens (tertiary/aromatic N) is 12. The minimum Gasteiger partial charge on any atom is -0.657 e. The molecular formula is C120H97Cl3F6N12Ni5-3. The van der Waals surface area contributed by atoms with Crippen molar-refractivity contribution in [2.75, 3.05) is 0 Å². The Hall–Kier alpha value is -13.0. The second-order valence-corrected chi connectivity index (χ2v) is 35.7. The van der Waals surface area contributed by atoms with Crippen molar-refractivity contribution in [1.29, 1.82) is 0 Å². The summed E-state index contributed by atoms with van der Waals surface area (Å²) in [5.74, 6) is 0. The van der Waals surface area contributed by atoms with Gasteiger partial charge < -0.3 is 9.97 Å². The smallest absolute Gasteiger partial charge is 0.657 e. The minimum atomic E-state index is -4.40. The molecule has 0 unspecified atom stereocenters. The molecule has 0 saturated heterocycles. The van der Waals surface area contributed by atoms with Gasteiger partial charge in [0.1, 0.15) is 0 Å². The van der Waals surface area contributed by atoms with Crippen molar-refractivity contribution in [2.45, 2.75) is 105 Å². The van der Waals surface area contributed by atoms with Gasteiger partial charge in [0.25, 0.3) is 0 Å². The molecule has 146 heavy (non-hydrogen) atoms. The minimum absolute atomic E-state index is 0. The van der Waals surface area contributed by atoms with E-state index in [4.69, 9.17) is 0 Å². The average molecular weight is 2220 g/mol. The summed E-state index contributed by atoms with van der Waals surface area (Å²) in [6, 6.07) is 122. The number of aryl methyl sites for hydroxylation is 2. The van der Waals surface area contributed by atoms with E-state index in [2.05, 4.69) is 312 Å². The van der Waals surface area contributed by atoms with E-state index in [1.54, 1.807) is 37.2 Å². The van der Waals surface area contributed by atoms with E-state index >= 15 is 0 Å². The maximum atomic E-state index is 12.8. The third-order valence-corrected chi connectivity index (χ3v) is 22.2. The molecule has 0 aliphatic carbocycles. The summed E-state index contributed by atoms with van der Waals surface area (Å²) in [6.45, 7) is 23.1. The maximum Gasteiger partial charge on any atom is 2.00 e. The summed E-state index contributed by atoms with van der Waals surface area (Å²) >= 11 is 10.0. The molecule has 753 valence electrons. The van der Waals surface area contributed by atoms with Crippen molar-refractivity contribution < 1.29 is 103 Å². The van der Waals surface area contributed by atoms with Crippen LogP contribution in [0.5, 0.6) is 0 Å². The van der Waals surface area contributed by atoms with Crippen molar-refractivity contribution >= 4 is 74.2 Å². The molecule has 9 aromatic carbocycles. The Morgan fingerprint density at radius 1 is 0.212 bits per heavy atom. The molecule has 21 aromatic rings. The van der Waals surface area contributed by atoms with E-state index in [1.807, 2.05) is 245 Å². The molecule has 0 aliphatic heterocycles. The summed E-state index contributed by atoms with van der Waals surface area (Å²) in [6.07, 6.45) is 7.25. The van der Waals surface area contributed by atoms with Crippen LogP contribution in [-0.2, 0) is 105 Å². The Balaban J connectivity index is 0.000000175. The topological polar surface area (TPSA) is 157 Å². The van der Waals surface area contributed by atoms with Gasteiger partial charge in [0.15, 0.2) is 0 Å². The maximum absolute atomic E-state index is 12.8. The number of fused-ring (bicyclic) bond motifs is 6. The molecule has 0 bridgehead atoms. The van der Waals surface area contributed by atoms with Crippen LogP contribution in [-0.4, -0.2) is 49.8 Å². The fraction of sp³-hybridized carbons (Fsp3) is 0.133. The summed E-state index contributed by atoms with van der Waals surface area (Å²) < 4.78 is 76.8. The largest absolute Gasteiger partial charge is 2.00 e. The Morgan fingerprint density at radius 3 is 0.589 bits per heavy atom. The van der Waals surface area contributed by atoms with Gasteiger partial charge in [0.05, 0.1) is 11.1 Å². The number of halogens is 9. The molecule has 12 heterocycles. The standard InChI is InChI=1S/2C22H20F3N2.C20H19N2.2C16H11N2.2C12H8N.3ClH.5Ni/c2*1-14-5-7-19(26-12-14)15-9-16(11-18(10-15)21(2,3)4)20-8-6-17(13-27-20)22(23,24)25;1-20(2,3)17-13-15(18-8-4-6-10-21-18)12-16(14-17)19-9-5-7-11-22-19;2*1-3-10-17-15(8-1)13-6-5-7-14(12-13)16-9-2-4-11-18-16;2*1-3-7-11-9(5-1)10-6-2-4-8-12(10)13-11;;;;;;;;/h2*5-8,10-13H,1-4H3;4-11,13-14H,1-3H3;2*1-11H;2*1-8H;3*1H;;;;;/q7*-1;;;;3*+1;2*+2/p-3. The number of hydrogen-bond donors (Lipinski definition) is 0. The number of aromatic nitrogens is 12.